The van der Waals surface area contributed by atoms with Gasteiger partial charge >= 0.3 is 0 Å². The van der Waals surface area contributed by atoms with Crippen LogP contribution in [0.5, 0.6) is 0 Å². The van der Waals surface area contributed by atoms with E-state index in [1.165, 1.54) is 0 Å². The zero-order chi connectivity index (χ0) is 15.5. The molecule has 0 unspecified atom stereocenters. The number of furan rings is 1. The van der Waals surface area contributed by atoms with Gasteiger partial charge in [-0.15, -0.1) is 10.2 Å². The first-order valence-corrected chi connectivity index (χ1v) is 7.43. The molecule has 2 aromatic rings. The summed E-state index contributed by atoms with van der Waals surface area (Å²) in [6.45, 7) is 2.34. The van der Waals surface area contributed by atoms with Gasteiger partial charge in [0.05, 0.1) is 12.8 Å². The van der Waals surface area contributed by atoms with Crippen molar-refractivity contribution in [2.45, 2.75) is 19.4 Å². The highest BCUT2D eigenvalue weighted by Gasteiger charge is 2.26. The molecule has 3 heterocycles. The second-order valence-corrected chi connectivity index (χ2v) is 5.76. The van der Waals surface area contributed by atoms with E-state index < -0.39 is 0 Å². The summed E-state index contributed by atoms with van der Waals surface area (Å²) in [5.41, 5.74) is 0. The molecule has 0 atom stereocenters. The van der Waals surface area contributed by atoms with Gasteiger partial charge in [0.15, 0.2) is 5.76 Å². The van der Waals surface area contributed by atoms with Gasteiger partial charge in [0.1, 0.15) is 0 Å². The minimum absolute atomic E-state index is 0.132. The molecule has 0 radical (unpaired) electrons. The van der Waals surface area contributed by atoms with Crippen LogP contribution in [0.1, 0.15) is 18.7 Å². The molecule has 1 fully saturated rings. The maximum atomic E-state index is 12.0. The fourth-order valence-corrected chi connectivity index (χ4v) is 2.71. The van der Waals surface area contributed by atoms with Gasteiger partial charge < -0.3 is 13.7 Å². The molecule has 7 heteroatoms. The molecule has 0 saturated carbocycles. The number of nitrogens with zero attached hydrogens (tertiary/aromatic N) is 4. The maximum Gasteiger partial charge on any atom is 0.283 e. The highest BCUT2D eigenvalue weighted by atomic mass is 16.4. The molecule has 1 aliphatic rings. The monoisotopic (exact) mass is 304 g/mol. The number of likely N-dealkylation sites (tertiary alicyclic amines) is 1. The fraction of sp³-hybridized carbons (Fsp3) is 0.533. The normalized spacial score (nSPS) is 16.8. The van der Waals surface area contributed by atoms with Crippen molar-refractivity contribution < 1.29 is 13.6 Å². The molecule has 7 nitrogen and oxygen atoms in total. The average molecular weight is 304 g/mol. The average Bonchev–Trinajstić information content (AvgIpc) is 3.18. The van der Waals surface area contributed by atoms with E-state index in [0.717, 1.165) is 25.9 Å². The highest BCUT2D eigenvalue weighted by molar-refractivity contribution is 5.78. The van der Waals surface area contributed by atoms with Crippen LogP contribution in [0, 0.1) is 5.92 Å². The van der Waals surface area contributed by atoms with Gasteiger partial charge in [0.25, 0.3) is 5.89 Å². The standard InChI is InChI=1S/C15H20N4O3/c1-18(2)15(20)11-5-7-19(8-6-11)10-13-16-17-14(22-13)12-4-3-9-21-12/h3-4,9,11H,5-8,10H2,1-2H3. The maximum absolute atomic E-state index is 12.0. The number of hydrogen-bond donors (Lipinski definition) is 0. The Morgan fingerprint density at radius 2 is 2.14 bits per heavy atom. The first kappa shape index (κ1) is 14.8. The highest BCUT2D eigenvalue weighted by Crippen LogP contribution is 2.22. The minimum Gasteiger partial charge on any atom is -0.459 e. The molecule has 1 amide bonds. The van der Waals surface area contributed by atoms with Crippen LogP contribution in [0.15, 0.2) is 27.2 Å². The third kappa shape index (κ3) is 3.19. The predicted molar refractivity (Wildman–Crippen MR) is 78.7 cm³/mol. The SMILES string of the molecule is CN(C)C(=O)C1CCN(Cc2nnc(-c3ccco3)o2)CC1. The van der Waals surface area contributed by atoms with Crippen molar-refractivity contribution in [1.82, 2.24) is 20.0 Å². The van der Waals surface area contributed by atoms with Crippen LogP contribution >= 0.6 is 0 Å². The van der Waals surface area contributed by atoms with Gasteiger partial charge in [0.2, 0.25) is 11.8 Å². The van der Waals surface area contributed by atoms with Crippen LogP contribution in [0.3, 0.4) is 0 Å². The Morgan fingerprint density at radius 1 is 1.36 bits per heavy atom. The summed E-state index contributed by atoms with van der Waals surface area (Å²) in [6, 6.07) is 3.57. The van der Waals surface area contributed by atoms with Crippen LogP contribution < -0.4 is 0 Å². The van der Waals surface area contributed by atoms with Crippen LogP contribution in [0.4, 0.5) is 0 Å². The molecule has 1 saturated heterocycles. The lowest BCUT2D eigenvalue weighted by atomic mass is 9.95. The van der Waals surface area contributed by atoms with E-state index in [1.807, 2.05) is 14.1 Å². The molecule has 0 N–H and O–H groups in total. The van der Waals surface area contributed by atoms with Crippen molar-refractivity contribution >= 4 is 5.91 Å². The molecule has 3 rings (SSSR count). The molecule has 0 aromatic carbocycles. The lowest BCUT2D eigenvalue weighted by molar-refractivity contribution is -0.134. The van der Waals surface area contributed by atoms with Gasteiger partial charge in [-0.1, -0.05) is 0 Å². The first-order valence-electron chi connectivity index (χ1n) is 7.43. The lowest BCUT2D eigenvalue weighted by Crippen LogP contribution is -2.39. The quantitative estimate of drug-likeness (QED) is 0.854. The Morgan fingerprint density at radius 3 is 2.77 bits per heavy atom. The van der Waals surface area contributed by atoms with Crippen molar-refractivity contribution in [3.63, 3.8) is 0 Å². The second-order valence-electron chi connectivity index (χ2n) is 5.76. The number of aromatic nitrogens is 2. The first-order chi connectivity index (χ1) is 10.6. The molecular formula is C15H20N4O3. The van der Waals surface area contributed by atoms with Crippen molar-refractivity contribution in [3.05, 3.63) is 24.3 Å². The second kappa shape index (κ2) is 6.31. The predicted octanol–water partition coefficient (Wildman–Crippen LogP) is 1.63. The summed E-state index contributed by atoms with van der Waals surface area (Å²) in [6.07, 6.45) is 3.32. The van der Waals surface area contributed by atoms with E-state index >= 15 is 0 Å². The van der Waals surface area contributed by atoms with Crippen molar-refractivity contribution in [2.24, 2.45) is 5.92 Å². The number of carbonyl (C=O) groups is 1. The Labute approximate surface area is 128 Å². The molecule has 1 aliphatic heterocycles. The summed E-state index contributed by atoms with van der Waals surface area (Å²) in [4.78, 5) is 15.9. The zero-order valence-corrected chi connectivity index (χ0v) is 12.9. The van der Waals surface area contributed by atoms with Gasteiger partial charge in [-0.3, -0.25) is 9.69 Å². The summed E-state index contributed by atoms with van der Waals surface area (Å²) >= 11 is 0. The van der Waals surface area contributed by atoms with E-state index in [0.29, 0.717) is 24.1 Å². The Kier molecular flexibility index (Phi) is 4.24. The van der Waals surface area contributed by atoms with Crippen molar-refractivity contribution in [2.75, 3.05) is 27.2 Å². The molecule has 22 heavy (non-hydrogen) atoms. The molecule has 0 spiro atoms. The zero-order valence-electron chi connectivity index (χ0n) is 12.9. The van der Waals surface area contributed by atoms with Gasteiger partial charge in [-0.25, -0.2) is 0 Å². The van der Waals surface area contributed by atoms with Crippen molar-refractivity contribution in [3.8, 4) is 11.7 Å². The van der Waals surface area contributed by atoms with E-state index in [4.69, 9.17) is 8.83 Å². The van der Waals surface area contributed by atoms with Crippen LogP contribution in [-0.4, -0.2) is 53.1 Å². The summed E-state index contributed by atoms with van der Waals surface area (Å²) < 4.78 is 10.8. The number of rotatable bonds is 4. The van der Waals surface area contributed by atoms with E-state index in [2.05, 4.69) is 15.1 Å². The van der Waals surface area contributed by atoms with Crippen molar-refractivity contribution in [1.29, 1.82) is 0 Å². The van der Waals surface area contributed by atoms with Crippen LogP contribution in [0.25, 0.3) is 11.7 Å². The van der Waals surface area contributed by atoms with Gasteiger partial charge in [0, 0.05) is 20.0 Å². The number of amides is 1. The van der Waals surface area contributed by atoms with Gasteiger partial charge in [-0.2, -0.15) is 0 Å². The third-order valence-corrected chi connectivity index (χ3v) is 3.94. The van der Waals surface area contributed by atoms with Crippen LogP contribution in [0.2, 0.25) is 0 Å². The Bertz CT molecular complexity index is 613. The van der Waals surface area contributed by atoms with E-state index in [1.54, 1.807) is 23.3 Å². The molecule has 0 bridgehead atoms. The topological polar surface area (TPSA) is 75.6 Å². The Balaban J connectivity index is 1.54. The lowest BCUT2D eigenvalue weighted by Gasteiger charge is -2.31. The molecular weight excluding hydrogens is 284 g/mol. The fourth-order valence-electron chi connectivity index (χ4n) is 2.71. The minimum atomic E-state index is 0.132. The molecule has 0 aliphatic carbocycles. The molecule has 2 aromatic heterocycles. The number of piperidine rings is 1. The van der Waals surface area contributed by atoms with Crippen LogP contribution in [-0.2, 0) is 11.3 Å². The largest absolute Gasteiger partial charge is 0.459 e. The number of carbonyl (C=O) groups excluding carboxylic acids is 1. The van der Waals surface area contributed by atoms with Gasteiger partial charge in [-0.05, 0) is 38.1 Å². The Hall–Kier alpha value is -2.15. The summed E-state index contributed by atoms with van der Waals surface area (Å²) in [5.74, 6) is 1.90. The van der Waals surface area contributed by atoms with E-state index in [-0.39, 0.29) is 11.8 Å². The third-order valence-electron chi connectivity index (χ3n) is 3.94. The summed E-state index contributed by atoms with van der Waals surface area (Å²) in [7, 11) is 3.62. The summed E-state index contributed by atoms with van der Waals surface area (Å²) in [5, 5.41) is 8.05. The smallest absolute Gasteiger partial charge is 0.283 e. The molecule has 118 valence electrons. The van der Waals surface area contributed by atoms with E-state index in [9.17, 15) is 4.79 Å². The number of hydrogen-bond acceptors (Lipinski definition) is 6.